The molecule has 2 aliphatic carbocycles. The highest BCUT2D eigenvalue weighted by Gasteiger charge is 2.39. The van der Waals surface area contributed by atoms with Gasteiger partial charge in [0, 0.05) is 12.6 Å². The van der Waals surface area contributed by atoms with E-state index in [9.17, 15) is 18.0 Å². The SMILES string of the molecule is CCn1ncc(NC(=O)NC2CCC3CCCC3C2)c1C(F)(F)F. The van der Waals surface area contributed by atoms with Gasteiger partial charge in [0.2, 0.25) is 0 Å². The van der Waals surface area contributed by atoms with Crippen molar-refractivity contribution in [2.24, 2.45) is 11.8 Å². The Morgan fingerprint density at radius 3 is 2.75 bits per heavy atom. The van der Waals surface area contributed by atoms with Crippen molar-refractivity contribution in [3.63, 3.8) is 0 Å². The number of anilines is 1. The quantitative estimate of drug-likeness (QED) is 0.870. The number of hydrogen-bond acceptors (Lipinski definition) is 2. The maximum Gasteiger partial charge on any atom is 0.435 e. The molecule has 1 aromatic rings. The first-order valence-electron chi connectivity index (χ1n) is 8.59. The third-order valence-electron chi connectivity index (χ3n) is 5.28. The van der Waals surface area contributed by atoms with Crippen LogP contribution in [-0.4, -0.2) is 21.9 Å². The van der Waals surface area contributed by atoms with E-state index in [4.69, 9.17) is 0 Å². The Morgan fingerprint density at radius 1 is 1.29 bits per heavy atom. The van der Waals surface area contributed by atoms with E-state index in [1.807, 2.05) is 0 Å². The second-order valence-electron chi connectivity index (χ2n) is 6.78. The summed E-state index contributed by atoms with van der Waals surface area (Å²) in [6.45, 7) is 1.66. The molecule has 0 bridgehead atoms. The molecule has 2 amide bonds. The van der Waals surface area contributed by atoms with Gasteiger partial charge in [-0.25, -0.2) is 4.79 Å². The molecule has 0 radical (unpaired) electrons. The summed E-state index contributed by atoms with van der Waals surface area (Å²) in [5, 5.41) is 8.86. The minimum Gasteiger partial charge on any atom is -0.335 e. The summed E-state index contributed by atoms with van der Waals surface area (Å²) in [6.07, 6.45) is 3.14. The molecule has 1 heterocycles. The van der Waals surface area contributed by atoms with Crippen LogP contribution in [0.4, 0.5) is 23.7 Å². The minimum absolute atomic E-state index is 0.0416. The Morgan fingerprint density at radius 2 is 2.04 bits per heavy atom. The number of hydrogen-bond donors (Lipinski definition) is 2. The molecule has 0 aromatic carbocycles. The number of aromatic nitrogens is 2. The van der Waals surface area contributed by atoms with E-state index in [0.29, 0.717) is 5.92 Å². The zero-order chi connectivity index (χ0) is 17.3. The Bertz CT molecular complexity index is 599. The molecule has 2 aliphatic rings. The van der Waals surface area contributed by atoms with Gasteiger partial charge in [-0.3, -0.25) is 4.68 Å². The smallest absolute Gasteiger partial charge is 0.335 e. The van der Waals surface area contributed by atoms with Crippen molar-refractivity contribution in [3.05, 3.63) is 11.9 Å². The number of fused-ring (bicyclic) bond motifs is 1. The number of amides is 2. The van der Waals surface area contributed by atoms with Gasteiger partial charge in [-0.05, 0) is 38.0 Å². The van der Waals surface area contributed by atoms with E-state index in [-0.39, 0.29) is 18.3 Å². The summed E-state index contributed by atoms with van der Waals surface area (Å²) in [5.74, 6) is 1.42. The van der Waals surface area contributed by atoms with Gasteiger partial charge >= 0.3 is 12.2 Å². The third-order valence-corrected chi connectivity index (χ3v) is 5.28. The van der Waals surface area contributed by atoms with E-state index >= 15 is 0 Å². The molecule has 1 aromatic heterocycles. The van der Waals surface area contributed by atoms with E-state index in [2.05, 4.69) is 15.7 Å². The Hall–Kier alpha value is -1.73. The summed E-state index contributed by atoms with van der Waals surface area (Å²) >= 11 is 0. The largest absolute Gasteiger partial charge is 0.435 e. The van der Waals surface area contributed by atoms with E-state index in [1.165, 1.54) is 19.3 Å². The van der Waals surface area contributed by atoms with Crippen molar-refractivity contribution in [3.8, 4) is 0 Å². The fourth-order valence-electron chi connectivity index (χ4n) is 4.19. The average Bonchev–Trinajstić information content (AvgIpc) is 3.12. The van der Waals surface area contributed by atoms with Crippen molar-refractivity contribution >= 4 is 11.7 Å². The Balaban J connectivity index is 1.62. The molecule has 134 valence electrons. The van der Waals surface area contributed by atoms with Crippen LogP contribution in [0.3, 0.4) is 0 Å². The summed E-state index contributed by atoms with van der Waals surface area (Å²) < 4.78 is 40.3. The van der Waals surface area contributed by atoms with Gasteiger partial charge in [-0.1, -0.05) is 19.3 Å². The topological polar surface area (TPSA) is 59.0 Å². The first-order chi connectivity index (χ1) is 11.4. The monoisotopic (exact) mass is 344 g/mol. The number of urea groups is 1. The standard InChI is InChI=1S/C16H23F3N4O/c1-2-23-14(16(17,18)19)13(9-20-23)22-15(24)21-12-7-6-10-4-3-5-11(10)8-12/h9-12H,2-8H2,1H3,(H2,21,22,24). The molecule has 0 saturated heterocycles. The number of halogens is 3. The van der Waals surface area contributed by atoms with E-state index in [1.54, 1.807) is 6.92 Å². The lowest BCUT2D eigenvalue weighted by molar-refractivity contribution is -0.143. The first kappa shape index (κ1) is 17.1. The van der Waals surface area contributed by atoms with Crippen LogP contribution in [0.1, 0.15) is 51.1 Å². The number of nitrogens with zero attached hydrogens (tertiary/aromatic N) is 2. The van der Waals surface area contributed by atoms with Crippen LogP contribution in [-0.2, 0) is 12.7 Å². The van der Waals surface area contributed by atoms with Crippen LogP contribution in [0.25, 0.3) is 0 Å². The molecule has 2 N–H and O–H groups in total. The summed E-state index contributed by atoms with van der Waals surface area (Å²) in [6, 6.07) is -0.544. The van der Waals surface area contributed by atoms with Crippen LogP contribution in [0.5, 0.6) is 0 Å². The third kappa shape index (κ3) is 3.52. The van der Waals surface area contributed by atoms with Crippen LogP contribution in [0.15, 0.2) is 6.20 Å². The van der Waals surface area contributed by atoms with Crippen molar-refractivity contribution in [2.45, 2.75) is 64.2 Å². The molecule has 0 aliphatic heterocycles. The molecule has 3 unspecified atom stereocenters. The molecular formula is C16H23F3N4O. The number of nitrogens with one attached hydrogen (secondary N) is 2. The lowest BCUT2D eigenvalue weighted by Crippen LogP contribution is -2.42. The van der Waals surface area contributed by atoms with Gasteiger partial charge in [-0.15, -0.1) is 0 Å². The predicted octanol–water partition coefficient (Wildman–Crippen LogP) is 4.01. The summed E-state index contributed by atoms with van der Waals surface area (Å²) in [5.41, 5.74) is -1.21. The zero-order valence-corrected chi connectivity index (χ0v) is 13.7. The van der Waals surface area contributed by atoms with Crippen molar-refractivity contribution in [1.29, 1.82) is 0 Å². The molecule has 3 rings (SSSR count). The number of aryl methyl sites for hydroxylation is 1. The fraction of sp³-hybridized carbons (Fsp3) is 0.750. The maximum atomic E-state index is 13.2. The van der Waals surface area contributed by atoms with E-state index in [0.717, 1.165) is 36.1 Å². The van der Waals surface area contributed by atoms with Crippen molar-refractivity contribution < 1.29 is 18.0 Å². The van der Waals surface area contributed by atoms with Crippen molar-refractivity contribution in [2.75, 3.05) is 5.32 Å². The highest BCUT2D eigenvalue weighted by molar-refractivity contribution is 5.90. The van der Waals surface area contributed by atoms with Crippen LogP contribution in [0.2, 0.25) is 0 Å². The molecule has 0 spiro atoms. The first-order valence-corrected chi connectivity index (χ1v) is 8.59. The summed E-state index contributed by atoms with van der Waals surface area (Å²) in [4.78, 5) is 12.1. The molecule has 2 saturated carbocycles. The van der Waals surface area contributed by atoms with Gasteiger partial charge in [0.05, 0.1) is 11.9 Å². The number of rotatable bonds is 3. The highest BCUT2D eigenvalue weighted by Crippen LogP contribution is 2.42. The van der Waals surface area contributed by atoms with Gasteiger partial charge in [0.15, 0.2) is 5.69 Å². The predicted molar refractivity (Wildman–Crippen MR) is 83.5 cm³/mol. The highest BCUT2D eigenvalue weighted by atomic mass is 19.4. The Kier molecular flexibility index (Phi) is 4.73. The lowest BCUT2D eigenvalue weighted by Gasteiger charge is -2.32. The van der Waals surface area contributed by atoms with Crippen LogP contribution in [0, 0.1) is 11.8 Å². The molecule has 2 fully saturated rings. The van der Waals surface area contributed by atoms with E-state index < -0.39 is 17.9 Å². The minimum atomic E-state index is -4.56. The van der Waals surface area contributed by atoms with Gasteiger partial charge in [0.1, 0.15) is 0 Å². The molecule has 24 heavy (non-hydrogen) atoms. The normalized spacial score (nSPS) is 26.9. The maximum absolute atomic E-state index is 13.2. The zero-order valence-electron chi connectivity index (χ0n) is 13.7. The van der Waals surface area contributed by atoms with Crippen LogP contribution < -0.4 is 10.6 Å². The van der Waals surface area contributed by atoms with Crippen LogP contribution >= 0.6 is 0 Å². The number of carbonyl (C=O) groups is 1. The number of alkyl halides is 3. The average molecular weight is 344 g/mol. The lowest BCUT2D eigenvalue weighted by atomic mass is 9.79. The van der Waals surface area contributed by atoms with Gasteiger partial charge in [0.25, 0.3) is 0 Å². The van der Waals surface area contributed by atoms with Gasteiger partial charge < -0.3 is 10.6 Å². The fourth-order valence-corrected chi connectivity index (χ4v) is 4.19. The number of carbonyl (C=O) groups excluding carboxylic acids is 1. The second-order valence-corrected chi connectivity index (χ2v) is 6.78. The molecule has 5 nitrogen and oxygen atoms in total. The second kappa shape index (κ2) is 6.64. The molecule has 3 atom stereocenters. The Labute approximate surface area is 139 Å². The molecular weight excluding hydrogens is 321 g/mol. The van der Waals surface area contributed by atoms with Gasteiger partial charge in [-0.2, -0.15) is 18.3 Å². The van der Waals surface area contributed by atoms with Crippen molar-refractivity contribution in [1.82, 2.24) is 15.1 Å². The molecule has 8 heteroatoms. The summed E-state index contributed by atoms with van der Waals surface area (Å²) in [7, 11) is 0.